The van der Waals surface area contributed by atoms with Crippen molar-refractivity contribution in [3.8, 4) is 0 Å². The molecule has 0 unspecified atom stereocenters. The zero-order valence-electron chi connectivity index (χ0n) is 11.4. The van der Waals surface area contributed by atoms with Crippen LogP contribution in [0.4, 0.5) is 10.5 Å². The Hall–Kier alpha value is -1.51. The number of aryl methyl sites for hydroxylation is 1. The van der Waals surface area contributed by atoms with Crippen LogP contribution in [-0.2, 0) is 6.42 Å². The van der Waals surface area contributed by atoms with Crippen LogP contribution < -0.4 is 5.32 Å². The smallest absolute Gasteiger partial charge is 0.321 e. The fourth-order valence-corrected chi connectivity index (χ4v) is 1.77. The minimum absolute atomic E-state index is 0.0936. The van der Waals surface area contributed by atoms with Crippen molar-refractivity contribution in [3.05, 3.63) is 29.3 Å². The molecule has 1 rings (SSSR count). The Kier molecular flexibility index (Phi) is 4.55. The molecule has 0 fully saturated rings. The van der Waals surface area contributed by atoms with Crippen molar-refractivity contribution in [2.45, 2.75) is 33.1 Å². The summed E-state index contributed by atoms with van der Waals surface area (Å²) in [6.45, 7) is 6.50. The highest BCUT2D eigenvalue weighted by molar-refractivity contribution is 5.89. The Morgan fingerprint density at radius 1 is 1.35 bits per heavy atom. The van der Waals surface area contributed by atoms with E-state index in [1.807, 2.05) is 6.07 Å². The van der Waals surface area contributed by atoms with Gasteiger partial charge in [0.15, 0.2) is 0 Å². The van der Waals surface area contributed by atoms with E-state index in [0.29, 0.717) is 5.92 Å². The molecule has 3 heteroatoms. The van der Waals surface area contributed by atoms with Crippen molar-refractivity contribution in [3.63, 3.8) is 0 Å². The summed E-state index contributed by atoms with van der Waals surface area (Å²) in [5, 5.41) is 2.87. The van der Waals surface area contributed by atoms with Gasteiger partial charge in [0.1, 0.15) is 0 Å². The summed E-state index contributed by atoms with van der Waals surface area (Å²) >= 11 is 0. The summed E-state index contributed by atoms with van der Waals surface area (Å²) in [7, 11) is 3.47. The quantitative estimate of drug-likeness (QED) is 0.853. The number of anilines is 1. The molecule has 0 atom stereocenters. The maximum absolute atomic E-state index is 11.6. The van der Waals surface area contributed by atoms with E-state index in [0.717, 1.165) is 12.1 Å². The predicted molar refractivity (Wildman–Crippen MR) is 72.6 cm³/mol. The molecule has 2 amide bonds. The number of rotatable bonds is 3. The van der Waals surface area contributed by atoms with Gasteiger partial charge in [0.05, 0.1) is 0 Å². The van der Waals surface area contributed by atoms with Crippen LogP contribution in [-0.4, -0.2) is 25.0 Å². The van der Waals surface area contributed by atoms with Crippen LogP contribution in [0.2, 0.25) is 0 Å². The van der Waals surface area contributed by atoms with Crippen molar-refractivity contribution in [1.82, 2.24) is 4.90 Å². The van der Waals surface area contributed by atoms with Crippen molar-refractivity contribution in [1.29, 1.82) is 0 Å². The molecular formula is C14H22N2O. The molecule has 0 aliphatic rings. The van der Waals surface area contributed by atoms with Crippen LogP contribution in [0, 0.1) is 0 Å². The lowest BCUT2D eigenvalue weighted by atomic mass is 9.95. The number of amides is 2. The van der Waals surface area contributed by atoms with Crippen LogP contribution in [0.5, 0.6) is 0 Å². The minimum atomic E-state index is -0.0936. The lowest BCUT2D eigenvalue weighted by Gasteiger charge is -2.16. The maximum atomic E-state index is 11.6. The molecule has 0 aliphatic heterocycles. The number of urea groups is 1. The van der Waals surface area contributed by atoms with Crippen LogP contribution >= 0.6 is 0 Å². The van der Waals surface area contributed by atoms with E-state index in [-0.39, 0.29) is 6.03 Å². The summed E-state index contributed by atoms with van der Waals surface area (Å²) in [5.41, 5.74) is 3.52. The van der Waals surface area contributed by atoms with E-state index >= 15 is 0 Å². The minimum Gasteiger partial charge on any atom is -0.331 e. The lowest BCUT2D eigenvalue weighted by molar-refractivity contribution is 0.230. The molecule has 0 saturated carbocycles. The molecule has 1 N–H and O–H groups in total. The van der Waals surface area contributed by atoms with Gasteiger partial charge < -0.3 is 10.2 Å². The maximum Gasteiger partial charge on any atom is 0.321 e. The predicted octanol–water partition coefficient (Wildman–Crippen LogP) is 3.47. The van der Waals surface area contributed by atoms with E-state index < -0.39 is 0 Å². The molecule has 1 aromatic carbocycles. The normalized spacial score (nSPS) is 10.5. The fraction of sp³-hybridized carbons (Fsp3) is 0.500. The topological polar surface area (TPSA) is 32.3 Å². The molecule has 0 aromatic heterocycles. The fourth-order valence-electron chi connectivity index (χ4n) is 1.77. The highest BCUT2D eigenvalue weighted by Gasteiger charge is 2.09. The van der Waals surface area contributed by atoms with E-state index in [4.69, 9.17) is 0 Å². The monoisotopic (exact) mass is 234 g/mol. The Bertz CT molecular complexity index is 397. The summed E-state index contributed by atoms with van der Waals surface area (Å²) in [5.74, 6) is 0.473. The number of carbonyl (C=O) groups excluding carboxylic acids is 1. The number of nitrogens with one attached hydrogen (secondary N) is 1. The van der Waals surface area contributed by atoms with Crippen LogP contribution in [0.1, 0.15) is 37.8 Å². The molecule has 3 nitrogen and oxygen atoms in total. The average molecular weight is 234 g/mol. The molecular weight excluding hydrogens is 212 g/mol. The first-order valence-corrected chi connectivity index (χ1v) is 6.06. The van der Waals surface area contributed by atoms with Gasteiger partial charge in [-0.1, -0.05) is 26.8 Å². The molecule has 0 radical (unpaired) electrons. The largest absolute Gasteiger partial charge is 0.331 e. The van der Waals surface area contributed by atoms with Gasteiger partial charge in [-0.25, -0.2) is 4.79 Å². The average Bonchev–Trinajstić information content (AvgIpc) is 2.28. The summed E-state index contributed by atoms with van der Waals surface area (Å²) in [4.78, 5) is 13.1. The first-order chi connectivity index (χ1) is 7.95. The first kappa shape index (κ1) is 13.6. The molecule has 0 bridgehead atoms. The summed E-state index contributed by atoms with van der Waals surface area (Å²) in [6, 6.07) is 6.04. The van der Waals surface area contributed by atoms with Gasteiger partial charge in [-0.15, -0.1) is 0 Å². The Morgan fingerprint density at radius 3 is 2.47 bits per heavy atom. The summed E-state index contributed by atoms with van der Waals surface area (Å²) < 4.78 is 0. The molecule has 0 aliphatic carbocycles. The van der Waals surface area contributed by atoms with Gasteiger partial charge >= 0.3 is 6.03 Å². The van der Waals surface area contributed by atoms with Crippen LogP contribution in [0.3, 0.4) is 0 Å². The van der Waals surface area contributed by atoms with Gasteiger partial charge in [0.2, 0.25) is 0 Å². The van der Waals surface area contributed by atoms with E-state index in [2.05, 4.69) is 38.2 Å². The number of carbonyl (C=O) groups is 1. The van der Waals surface area contributed by atoms with E-state index in [1.165, 1.54) is 16.0 Å². The highest BCUT2D eigenvalue weighted by atomic mass is 16.2. The third kappa shape index (κ3) is 3.48. The zero-order valence-corrected chi connectivity index (χ0v) is 11.4. The molecule has 94 valence electrons. The third-order valence-electron chi connectivity index (χ3n) is 2.81. The molecule has 0 heterocycles. The summed E-state index contributed by atoms with van der Waals surface area (Å²) in [6.07, 6.45) is 1.02. The Balaban J connectivity index is 2.96. The van der Waals surface area contributed by atoms with Crippen molar-refractivity contribution >= 4 is 11.7 Å². The highest BCUT2D eigenvalue weighted by Crippen LogP contribution is 2.24. The van der Waals surface area contributed by atoms with Gasteiger partial charge in [-0.05, 0) is 35.6 Å². The molecule has 17 heavy (non-hydrogen) atoms. The van der Waals surface area contributed by atoms with E-state index in [1.54, 1.807) is 14.1 Å². The number of hydrogen-bond acceptors (Lipinski definition) is 1. The SMILES string of the molecule is CCc1ccc(NC(=O)N(C)C)cc1C(C)C. The molecule has 1 aromatic rings. The van der Waals surface area contributed by atoms with Crippen molar-refractivity contribution in [2.24, 2.45) is 0 Å². The second-order valence-electron chi connectivity index (χ2n) is 4.75. The third-order valence-corrected chi connectivity index (χ3v) is 2.81. The zero-order chi connectivity index (χ0) is 13.0. The number of hydrogen-bond donors (Lipinski definition) is 1. The van der Waals surface area contributed by atoms with Gasteiger partial charge in [0, 0.05) is 19.8 Å². The second kappa shape index (κ2) is 5.71. The first-order valence-electron chi connectivity index (χ1n) is 6.06. The molecule has 0 spiro atoms. The molecule has 0 saturated heterocycles. The Labute approximate surface area is 104 Å². The second-order valence-corrected chi connectivity index (χ2v) is 4.75. The Morgan fingerprint density at radius 2 is 2.00 bits per heavy atom. The van der Waals surface area contributed by atoms with Crippen molar-refractivity contribution < 1.29 is 4.79 Å². The standard InChI is InChI=1S/C14H22N2O/c1-6-11-7-8-12(9-13(11)10(2)3)15-14(17)16(4)5/h7-10H,6H2,1-5H3,(H,15,17). The number of benzene rings is 1. The lowest BCUT2D eigenvalue weighted by Crippen LogP contribution is -2.27. The van der Waals surface area contributed by atoms with Gasteiger partial charge in [0.25, 0.3) is 0 Å². The van der Waals surface area contributed by atoms with Crippen LogP contribution in [0.15, 0.2) is 18.2 Å². The van der Waals surface area contributed by atoms with Crippen molar-refractivity contribution in [2.75, 3.05) is 19.4 Å². The van der Waals surface area contributed by atoms with Crippen LogP contribution in [0.25, 0.3) is 0 Å². The number of nitrogens with zero attached hydrogens (tertiary/aromatic N) is 1. The van der Waals surface area contributed by atoms with Gasteiger partial charge in [-0.3, -0.25) is 0 Å². The van der Waals surface area contributed by atoms with Gasteiger partial charge in [-0.2, -0.15) is 0 Å². The van der Waals surface area contributed by atoms with E-state index in [9.17, 15) is 4.79 Å².